The Morgan fingerprint density at radius 3 is 2.60 bits per heavy atom. The Kier molecular flexibility index (Phi) is 10.7. The van der Waals surface area contributed by atoms with Gasteiger partial charge in [-0.05, 0) is 29.8 Å². The number of amides is 1. The van der Waals surface area contributed by atoms with Crippen molar-refractivity contribution < 1.29 is 13.9 Å². The molecule has 1 amide bonds. The number of nitrogens with one attached hydrogen (secondary N) is 2. The van der Waals surface area contributed by atoms with Crippen molar-refractivity contribution in [2.45, 2.75) is 25.7 Å². The minimum atomic E-state index is -0.163. The van der Waals surface area contributed by atoms with Gasteiger partial charge in [0.05, 0.1) is 13.4 Å². The lowest BCUT2D eigenvalue weighted by Crippen LogP contribution is -2.44. The van der Waals surface area contributed by atoms with Gasteiger partial charge < -0.3 is 24.7 Å². The minimum absolute atomic E-state index is 0. The second kappa shape index (κ2) is 12.5. The van der Waals surface area contributed by atoms with E-state index in [-0.39, 0.29) is 41.8 Å². The van der Waals surface area contributed by atoms with Gasteiger partial charge in [0.1, 0.15) is 18.1 Å². The molecule has 30 heavy (non-hydrogen) atoms. The molecule has 0 bridgehead atoms. The number of carbonyl (C=O) groups excluding carboxylic acids is 1. The van der Waals surface area contributed by atoms with E-state index in [0.29, 0.717) is 19.0 Å². The molecule has 166 valence electrons. The second-order valence-corrected chi connectivity index (χ2v) is 7.68. The minimum Gasteiger partial charge on any atom is -0.497 e. The molecule has 0 fully saturated rings. The zero-order valence-corrected chi connectivity index (χ0v) is 20.7. The fourth-order valence-corrected chi connectivity index (χ4v) is 2.67. The van der Waals surface area contributed by atoms with Gasteiger partial charge in [0.25, 0.3) is 0 Å². The Balaban J connectivity index is 0.00000450. The van der Waals surface area contributed by atoms with Crippen molar-refractivity contribution in [1.29, 1.82) is 0 Å². The number of hydrogen-bond acceptors (Lipinski definition) is 4. The van der Waals surface area contributed by atoms with Gasteiger partial charge >= 0.3 is 0 Å². The normalized spacial score (nSPS) is 11.4. The fourth-order valence-electron chi connectivity index (χ4n) is 2.67. The molecule has 0 unspecified atom stereocenters. The number of nitrogens with zero attached hydrogens (tertiary/aromatic N) is 2. The molecule has 1 aromatic heterocycles. The number of aliphatic imine (C=N–C) groups is 1. The van der Waals surface area contributed by atoms with Crippen LogP contribution in [0.25, 0.3) is 0 Å². The summed E-state index contributed by atoms with van der Waals surface area (Å²) >= 11 is 0. The van der Waals surface area contributed by atoms with Crippen molar-refractivity contribution in [3.05, 3.63) is 54.0 Å². The van der Waals surface area contributed by atoms with Gasteiger partial charge in [0.2, 0.25) is 5.91 Å². The van der Waals surface area contributed by atoms with Gasteiger partial charge in [-0.2, -0.15) is 0 Å². The van der Waals surface area contributed by atoms with Gasteiger partial charge in [0, 0.05) is 39.0 Å². The molecule has 7 nitrogen and oxygen atoms in total. The van der Waals surface area contributed by atoms with Crippen LogP contribution in [0.3, 0.4) is 0 Å². The standard InChI is InChI=1S/C22H32N4O3.HI/c1-22(2,17-8-6-9-19(14-17)28-5)16-25-21(24-15-20(27)26(3)4)23-12-11-18-10-7-13-29-18;/h6-10,13-14H,11-12,15-16H2,1-5H3,(H2,23,24,25);1H. The van der Waals surface area contributed by atoms with Gasteiger partial charge in [0.15, 0.2) is 5.96 Å². The molecule has 0 radical (unpaired) electrons. The molecule has 0 saturated carbocycles. The van der Waals surface area contributed by atoms with Crippen LogP contribution in [0.2, 0.25) is 0 Å². The van der Waals surface area contributed by atoms with Gasteiger partial charge in [-0.25, -0.2) is 4.99 Å². The van der Waals surface area contributed by atoms with Crippen LogP contribution in [0.1, 0.15) is 25.2 Å². The summed E-state index contributed by atoms with van der Waals surface area (Å²) in [6, 6.07) is 11.9. The summed E-state index contributed by atoms with van der Waals surface area (Å²) in [4.78, 5) is 17.9. The third-order valence-corrected chi connectivity index (χ3v) is 4.66. The molecule has 0 saturated heterocycles. The maximum Gasteiger partial charge on any atom is 0.243 e. The number of hydrogen-bond donors (Lipinski definition) is 2. The van der Waals surface area contributed by atoms with Gasteiger partial charge in [-0.3, -0.25) is 4.79 Å². The molecule has 1 aromatic carbocycles. The van der Waals surface area contributed by atoms with Crippen LogP contribution in [-0.2, 0) is 16.6 Å². The lowest BCUT2D eigenvalue weighted by atomic mass is 9.84. The number of furan rings is 1. The third kappa shape index (κ3) is 8.25. The van der Waals surface area contributed by atoms with Gasteiger partial charge in [-0.1, -0.05) is 26.0 Å². The first kappa shape index (κ1) is 25.8. The number of guanidine groups is 1. The number of ether oxygens (including phenoxy) is 1. The molecular formula is C22H33IN4O3. The number of rotatable bonds is 9. The summed E-state index contributed by atoms with van der Waals surface area (Å²) in [5.74, 6) is 2.28. The zero-order chi connectivity index (χ0) is 21.3. The molecule has 0 spiro atoms. The molecular weight excluding hydrogens is 495 g/mol. The molecule has 2 aromatic rings. The maximum atomic E-state index is 11.9. The molecule has 2 N–H and O–H groups in total. The quantitative estimate of drug-likeness (QED) is 0.297. The van der Waals surface area contributed by atoms with E-state index in [9.17, 15) is 4.79 Å². The van der Waals surface area contributed by atoms with Crippen LogP contribution in [0.15, 0.2) is 52.1 Å². The fraction of sp³-hybridized carbons (Fsp3) is 0.455. The number of likely N-dealkylation sites (N-methyl/N-ethyl adjacent to an activating group) is 1. The summed E-state index contributed by atoms with van der Waals surface area (Å²) in [7, 11) is 5.11. The number of methoxy groups -OCH3 is 1. The Hall–Kier alpha value is -2.23. The van der Waals surface area contributed by atoms with E-state index >= 15 is 0 Å². The zero-order valence-electron chi connectivity index (χ0n) is 18.4. The first-order valence-corrected chi connectivity index (χ1v) is 9.71. The topological polar surface area (TPSA) is 79.1 Å². The highest BCUT2D eigenvalue weighted by Gasteiger charge is 2.21. The van der Waals surface area contributed by atoms with E-state index in [1.807, 2.05) is 30.3 Å². The molecule has 0 aliphatic rings. The second-order valence-electron chi connectivity index (χ2n) is 7.68. The van der Waals surface area contributed by atoms with Crippen molar-refractivity contribution in [2.24, 2.45) is 4.99 Å². The average Bonchev–Trinajstić information content (AvgIpc) is 3.22. The predicted octanol–water partition coefficient (Wildman–Crippen LogP) is 3.05. The van der Waals surface area contributed by atoms with Crippen molar-refractivity contribution >= 4 is 35.8 Å². The van der Waals surface area contributed by atoms with E-state index in [1.165, 1.54) is 4.90 Å². The Labute approximate surface area is 196 Å². The van der Waals surface area contributed by atoms with E-state index in [1.54, 1.807) is 27.5 Å². The van der Waals surface area contributed by atoms with Crippen LogP contribution in [-0.4, -0.2) is 57.6 Å². The lowest BCUT2D eigenvalue weighted by molar-refractivity contribution is -0.127. The first-order valence-electron chi connectivity index (χ1n) is 9.71. The highest BCUT2D eigenvalue weighted by molar-refractivity contribution is 14.0. The van der Waals surface area contributed by atoms with Gasteiger partial charge in [-0.15, -0.1) is 24.0 Å². The summed E-state index contributed by atoms with van der Waals surface area (Å²) in [6.45, 7) is 5.68. The number of benzene rings is 1. The number of halogens is 1. The predicted molar refractivity (Wildman–Crippen MR) is 131 cm³/mol. The Morgan fingerprint density at radius 2 is 1.97 bits per heavy atom. The molecule has 0 aliphatic carbocycles. The summed E-state index contributed by atoms with van der Waals surface area (Å²) in [6.07, 6.45) is 2.39. The summed E-state index contributed by atoms with van der Waals surface area (Å²) in [5.41, 5.74) is 0.993. The van der Waals surface area contributed by atoms with E-state index in [4.69, 9.17) is 9.15 Å². The lowest BCUT2D eigenvalue weighted by Gasteiger charge is -2.27. The SMILES string of the molecule is COc1cccc(C(C)(C)CNC(=NCC(=O)N(C)C)NCCc2ccco2)c1.I. The third-order valence-electron chi connectivity index (χ3n) is 4.66. The Morgan fingerprint density at radius 1 is 1.20 bits per heavy atom. The molecule has 0 atom stereocenters. The maximum absolute atomic E-state index is 11.9. The highest BCUT2D eigenvalue weighted by atomic mass is 127. The Bertz CT molecular complexity index is 804. The van der Waals surface area contributed by atoms with Crippen molar-refractivity contribution in [3.8, 4) is 5.75 Å². The molecule has 2 rings (SSSR count). The van der Waals surface area contributed by atoms with Crippen molar-refractivity contribution in [1.82, 2.24) is 15.5 Å². The van der Waals surface area contributed by atoms with Crippen molar-refractivity contribution in [3.63, 3.8) is 0 Å². The highest BCUT2D eigenvalue weighted by Crippen LogP contribution is 2.25. The monoisotopic (exact) mass is 528 g/mol. The van der Waals surface area contributed by atoms with Crippen molar-refractivity contribution in [2.75, 3.05) is 40.8 Å². The van der Waals surface area contributed by atoms with Crippen LogP contribution in [0, 0.1) is 0 Å². The average molecular weight is 528 g/mol. The van der Waals surface area contributed by atoms with Crippen LogP contribution in [0.5, 0.6) is 5.75 Å². The summed E-state index contributed by atoms with van der Waals surface area (Å²) < 4.78 is 10.7. The first-order chi connectivity index (χ1) is 13.8. The van der Waals surface area contributed by atoms with Crippen LogP contribution < -0.4 is 15.4 Å². The smallest absolute Gasteiger partial charge is 0.243 e. The van der Waals surface area contributed by atoms with Crippen LogP contribution >= 0.6 is 24.0 Å². The number of carbonyl (C=O) groups is 1. The van der Waals surface area contributed by atoms with E-state index in [2.05, 4.69) is 35.5 Å². The van der Waals surface area contributed by atoms with E-state index < -0.39 is 0 Å². The van der Waals surface area contributed by atoms with Crippen LogP contribution in [0.4, 0.5) is 0 Å². The van der Waals surface area contributed by atoms with E-state index in [0.717, 1.165) is 23.5 Å². The molecule has 0 aliphatic heterocycles. The molecule has 1 heterocycles. The molecule has 8 heteroatoms. The largest absolute Gasteiger partial charge is 0.497 e. The summed E-state index contributed by atoms with van der Waals surface area (Å²) in [5, 5.41) is 6.65.